The molecule has 1 aliphatic heterocycles. The second kappa shape index (κ2) is 10.5. The summed E-state index contributed by atoms with van der Waals surface area (Å²) < 4.78 is 21.6. The van der Waals surface area contributed by atoms with Crippen LogP contribution in [0.5, 0.6) is 0 Å². The molecule has 0 aliphatic carbocycles. The van der Waals surface area contributed by atoms with Gasteiger partial charge in [-0.1, -0.05) is 35.0 Å². The molecule has 0 radical (unpaired) electrons. The highest BCUT2D eigenvalue weighted by molar-refractivity contribution is 7.99. The van der Waals surface area contributed by atoms with E-state index in [-0.39, 0.29) is 6.61 Å². The van der Waals surface area contributed by atoms with Gasteiger partial charge in [0.2, 0.25) is 0 Å². The molecule has 0 saturated carbocycles. The van der Waals surface area contributed by atoms with E-state index in [4.69, 9.17) is 47.9 Å². The standard InChI is InChI=1S/C18H21Cl2NO7S/c1-8(22)25-7-14-16(26-9(2)23)15(21)17(27-10(3)24)18(28-14)29-11-4-5-12(19)13(20)6-11/h4-6,14-18H,7,21H2,1-3H3/t14?,15-,16-,17?,18+/m0/s1. The third-order valence-electron chi connectivity index (χ3n) is 3.90. The minimum absolute atomic E-state index is 0.188. The normalized spacial score (nSPS) is 26.5. The molecule has 2 unspecified atom stereocenters. The number of halogens is 2. The van der Waals surface area contributed by atoms with Gasteiger partial charge in [0.15, 0.2) is 6.10 Å². The minimum Gasteiger partial charge on any atom is -0.463 e. The summed E-state index contributed by atoms with van der Waals surface area (Å²) in [5.74, 6) is -1.70. The zero-order valence-electron chi connectivity index (χ0n) is 15.9. The number of ether oxygens (including phenoxy) is 4. The molecule has 1 fully saturated rings. The average Bonchev–Trinajstić information content (AvgIpc) is 2.61. The van der Waals surface area contributed by atoms with Gasteiger partial charge in [0.05, 0.1) is 16.1 Å². The first-order valence-corrected chi connectivity index (χ1v) is 10.2. The highest BCUT2D eigenvalue weighted by Gasteiger charge is 2.48. The van der Waals surface area contributed by atoms with Crippen molar-refractivity contribution in [2.75, 3.05) is 6.61 Å². The number of hydrogen-bond donors (Lipinski definition) is 1. The predicted octanol–water partition coefficient (Wildman–Crippen LogP) is 2.56. The van der Waals surface area contributed by atoms with Gasteiger partial charge in [-0.05, 0) is 18.2 Å². The van der Waals surface area contributed by atoms with E-state index in [1.54, 1.807) is 18.2 Å². The van der Waals surface area contributed by atoms with Crippen LogP contribution in [0.25, 0.3) is 0 Å². The molecule has 1 heterocycles. The molecule has 0 aromatic heterocycles. The number of benzene rings is 1. The van der Waals surface area contributed by atoms with Crippen LogP contribution < -0.4 is 5.73 Å². The largest absolute Gasteiger partial charge is 0.463 e. The van der Waals surface area contributed by atoms with Crippen molar-refractivity contribution in [1.29, 1.82) is 0 Å². The second-order valence-corrected chi connectivity index (χ2v) is 8.25. The van der Waals surface area contributed by atoms with Gasteiger partial charge < -0.3 is 24.7 Å². The Morgan fingerprint density at radius 2 is 1.66 bits per heavy atom. The van der Waals surface area contributed by atoms with Crippen molar-refractivity contribution >= 4 is 52.9 Å². The van der Waals surface area contributed by atoms with Crippen molar-refractivity contribution in [3.63, 3.8) is 0 Å². The first kappa shape index (κ1) is 23.8. The van der Waals surface area contributed by atoms with E-state index in [1.807, 2.05) is 0 Å². The number of hydrogen-bond acceptors (Lipinski definition) is 9. The Hall–Kier alpha value is -1.52. The second-order valence-electron chi connectivity index (χ2n) is 6.26. The van der Waals surface area contributed by atoms with Crippen LogP contribution in [0.3, 0.4) is 0 Å². The zero-order valence-corrected chi connectivity index (χ0v) is 18.3. The lowest BCUT2D eigenvalue weighted by Crippen LogP contribution is -2.63. The molecule has 8 nitrogen and oxygen atoms in total. The Labute approximate surface area is 182 Å². The smallest absolute Gasteiger partial charge is 0.303 e. The van der Waals surface area contributed by atoms with Crippen molar-refractivity contribution < 1.29 is 33.3 Å². The zero-order chi connectivity index (χ0) is 21.7. The molecule has 0 bridgehead atoms. The predicted molar refractivity (Wildman–Crippen MR) is 107 cm³/mol. The quantitative estimate of drug-likeness (QED) is 0.499. The van der Waals surface area contributed by atoms with Gasteiger partial charge in [0.25, 0.3) is 0 Å². The summed E-state index contributed by atoms with van der Waals surface area (Å²) in [7, 11) is 0. The van der Waals surface area contributed by atoms with Gasteiger partial charge in [-0.25, -0.2) is 0 Å². The molecule has 2 N–H and O–H groups in total. The van der Waals surface area contributed by atoms with Crippen molar-refractivity contribution in [3.05, 3.63) is 28.2 Å². The fourth-order valence-electron chi connectivity index (χ4n) is 2.73. The molecular weight excluding hydrogens is 445 g/mol. The van der Waals surface area contributed by atoms with Crippen molar-refractivity contribution in [2.24, 2.45) is 5.73 Å². The maximum Gasteiger partial charge on any atom is 0.303 e. The van der Waals surface area contributed by atoms with Crippen molar-refractivity contribution in [1.82, 2.24) is 0 Å². The van der Waals surface area contributed by atoms with E-state index in [2.05, 4.69) is 0 Å². The van der Waals surface area contributed by atoms with Gasteiger partial charge >= 0.3 is 17.9 Å². The van der Waals surface area contributed by atoms with Crippen LogP contribution in [0.2, 0.25) is 10.0 Å². The maximum absolute atomic E-state index is 11.6. The van der Waals surface area contributed by atoms with Gasteiger partial charge in [-0.15, -0.1) is 0 Å². The number of esters is 3. The molecule has 11 heteroatoms. The summed E-state index contributed by atoms with van der Waals surface area (Å²) in [4.78, 5) is 35.1. The Morgan fingerprint density at radius 1 is 1.03 bits per heavy atom. The van der Waals surface area contributed by atoms with Crippen LogP contribution in [0, 0.1) is 0 Å². The van der Waals surface area contributed by atoms with Crippen LogP contribution in [0.4, 0.5) is 0 Å². The lowest BCUT2D eigenvalue weighted by Gasteiger charge is -2.43. The summed E-state index contributed by atoms with van der Waals surface area (Å²) in [5.41, 5.74) is 5.50. The molecule has 0 spiro atoms. The van der Waals surface area contributed by atoms with E-state index < -0.39 is 47.7 Å². The summed E-state index contributed by atoms with van der Waals surface area (Å²) >= 11 is 13.2. The van der Waals surface area contributed by atoms with Crippen LogP contribution in [-0.4, -0.2) is 54.3 Å². The van der Waals surface area contributed by atoms with Crippen LogP contribution in [-0.2, 0) is 33.3 Å². The summed E-state index contributed by atoms with van der Waals surface area (Å²) in [6.45, 7) is 3.51. The molecule has 160 valence electrons. The molecule has 1 aliphatic rings. The van der Waals surface area contributed by atoms with E-state index in [9.17, 15) is 14.4 Å². The molecule has 29 heavy (non-hydrogen) atoms. The molecule has 1 aromatic carbocycles. The first-order chi connectivity index (χ1) is 13.6. The monoisotopic (exact) mass is 465 g/mol. The highest BCUT2D eigenvalue weighted by Crippen LogP contribution is 2.37. The molecule has 1 saturated heterocycles. The molecular formula is C18H21Cl2NO7S. The number of rotatable bonds is 6. The lowest BCUT2D eigenvalue weighted by atomic mass is 9.97. The Morgan fingerprint density at radius 3 is 2.21 bits per heavy atom. The Kier molecular flexibility index (Phi) is 8.59. The van der Waals surface area contributed by atoms with E-state index >= 15 is 0 Å². The molecule has 5 atom stereocenters. The first-order valence-electron chi connectivity index (χ1n) is 8.59. The van der Waals surface area contributed by atoms with Gasteiger partial charge in [0.1, 0.15) is 24.3 Å². The number of carbonyl (C=O) groups is 3. The molecule has 0 amide bonds. The van der Waals surface area contributed by atoms with Crippen molar-refractivity contribution in [3.8, 4) is 0 Å². The number of thioether (sulfide) groups is 1. The van der Waals surface area contributed by atoms with Crippen LogP contribution >= 0.6 is 35.0 Å². The average molecular weight is 466 g/mol. The van der Waals surface area contributed by atoms with Crippen molar-refractivity contribution in [2.45, 2.75) is 55.5 Å². The fraction of sp³-hybridized carbons (Fsp3) is 0.500. The van der Waals surface area contributed by atoms with Gasteiger partial charge in [-0.2, -0.15) is 0 Å². The number of carbonyl (C=O) groups excluding carboxylic acids is 3. The van der Waals surface area contributed by atoms with E-state index in [1.165, 1.54) is 32.5 Å². The molecule has 2 rings (SSSR count). The highest BCUT2D eigenvalue weighted by atomic mass is 35.5. The lowest BCUT2D eigenvalue weighted by molar-refractivity contribution is -0.201. The minimum atomic E-state index is -0.984. The van der Waals surface area contributed by atoms with E-state index in [0.29, 0.717) is 14.9 Å². The Bertz CT molecular complexity index is 777. The van der Waals surface area contributed by atoms with Crippen LogP contribution in [0.1, 0.15) is 20.8 Å². The fourth-order valence-corrected chi connectivity index (χ4v) is 4.26. The van der Waals surface area contributed by atoms with Gasteiger partial charge in [0, 0.05) is 25.7 Å². The van der Waals surface area contributed by atoms with Crippen LogP contribution in [0.15, 0.2) is 23.1 Å². The van der Waals surface area contributed by atoms with E-state index in [0.717, 1.165) is 0 Å². The number of nitrogens with two attached hydrogens (primary N) is 1. The summed E-state index contributed by atoms with van der Waals surface area (Å²) in [5, 5.41) is 0.728. The van der Waals surface area contributed by atoms with Gasteiger partial charge in [-0.3, -0.25) is 14.4 Å². The SMILES string of the molecule is CC(=O)OCC1O[C@H](Sc2ccc(Cl)c(Cl)c2)C(OC(C)=O)[C@@H](N)[C@H]1OC(C)=O. The third-order valence-corrected chi connectivity index (χ3v) is 5.78. The maximum atomic E-state index is 11.6. The topological polar surface area (TPSA) is 114 Å². The third kappa shape index (κ3) is 6.75. The Balaban J connectivity index is 2.31. The molecule has 1 aromatic rings. The summed E-state index contributed by atoms with van der Waals surface area (Å²) in [6.07, 6.45) is -2.78. The summed E-state index contributed by atoms with van der Waals surface area (Å²) in [6, 6.07) is 4.05.